The van der Waals surface area contributed by atoms with E-state index in [1.807, 2.05) is 4.90 Å². The maximum Gasteiger partial charge on any atom is 0.322 e. The number of nitrogens with zero attached hydrogens (tertiary/aromatic N) is 4. The Morgan fingerprint density at radius 3 is 2.58 bits per heavy atom. The summed E-state index contributed by atoms with van der Waals surface area (Å²) in [4.78, 5) is 28.2. The number of carboxylic acids is 2. The van der Waals surface area contributed by atoms with Gasteiger partial charge in [0.2, 0.25) is 0 Å². The molecule has 2 heterocycles. The van der Waals surface area contributed by atoms with E-state index in [9.17, 15) is 14.7 Å². The third-order valence-corrected chi connectivity index (χ3v) is 3.86. The number of rotatable bonds is 8. The number of carbonyl (C=O) groups is 2. The van der Waals surface area contributed by atoms with Crippen molar-refractivity contribution in [3.8, 4) is 0 Å². The third-order valence-electron chi connectivity index (χ3n) is 3.86. The quantitative estimate of drug-likeness (QED) is 0.459. The first-order chi connectivity index (χ1) is 11.3. The van der Waals surface area contributed by atoms with E-state index in [0.29, 0.717) is 6.67 Å². The van der Waals surface area contributed by atoms with E-state index < -0.39 is 24.0 Å². The predicted octanol–water partition coefficient (Wildman–Crippen LogP) is -1.23. The van der Waals surface area contributed by atoms with Gasteiger partial charge in [-0.3, -0.25) is 14.6 Å². The van der Waals surface area contributed by atoms with Crippen LogP contribution in [0.4, 0.5) is 0 Å². The molecule has 0 saturated heterocycles. The second-order valence-corrected chi connectivity index (χ2v) is 5.80. The van der Waals surface area contributed by atoms with E-state index in [1.54, 1.807) is 42.4 Å². The topological polar surface area (TPSA) is 137 Å². The van der Waals surface area contributed by atoms with Crippen LogP contribution in [0.25, 0.3) is 0 Å². The molecule has 2 atom stereocenters. The molecule has 2 rings (SSSR count). The zero-order chi connectivity index (χ0) is 17.9. The average Bonchev–Trinajstić information content (AvgIpc) is 3.05. The van der Waals surface area contributed by atoms with Gasteiger partial charge in [-0.2, -0.15) is 0 Å². The van der Waals surface area contributed by atoms with Crippen molar-refractivity contribution < 1.29 is 19.8 Å². The van der Waals surface area contributed by atoms with Gasteiger partial charge in [0.25, 0.3) is 0 Å². The molecule has 1 aromatic rings. The minimum atomic E-state index is -1.07. The van der Waals surface area contributed by atoms with Crippen molar-refractivity contribution in [3.63, 3.8) is 0 Å². The minimum absolute atomic E-state index is 0.170. The lowest BCUT2D eigenvalue weighted by Crippen LogP contribution is -2.47. The highest BCUT2D eigenvalue weighted by Crippen LogP contribution is 2.17. The van der Waals surface area contributed by atoms with Gasteiger partial charge in [0.1, 0.15) is 18.8 Å². The predicted molar refractivity (Wildman–Crippen MR) is 84.3 cm³/mol. The van der Waals surface area contributed by atoms with Crippen molar-refractivity contribution in [1.82, 2.24) is 24.9 Å². The number of aliphatic carboxylic acids is 2. The number of nitrogens with two attached hydrogens (primary N) is 1. The summed E-state index contributed by atoms with van der Waals surface area (Å²) in [7, 11) is 3.59. The van der Waals surface area contributed by atoms with Gasteiger partial charge in [0, 0.05) is 50.7 Å². The van der Waals surface area contributed by atoms with Crippen LogP contribution in [0.15, 0.2) is 24.4 Å². The van der Waals surface area contributed by atoms with Crippen molar-refractivity contribution in [2.75, 3.05) is 13.7 Å². The number of hydrazine groups is 1. The van der Waals surface area contributed by atoms with E-state index in [4.69, 9.17) is 10.8 Å². The summed E-state index contributed by atoms with van der Waals surface area (Å²) in [6.45, 7) is 0.400. The molecular weight excluding hydrogens is 316 g/mol. The molecule has 1 aromatic heterocycles. The van der Waals surface area contributed by atoms with Gasteiger partial charge in [-0.15, -0.1) is 0 Å². The molecule has 5 N–H and O–H groups in total. The van der Waals surface area contributed by atoms with Gasteiger partial charge in [0.15, 0.2) is 0 Å². The number of carboxylic acid groups (broad SMARTS) is 2. The number of hydrogen-bond acceptors (Lipinski definition) is 7. The maximum absolute atomic E-state index is 11.5. The van der Waals surface area contributed by atoms with E-state index in [0.717, 1.165) is 11.4 Å². The Balaban J connectivity index is 2.02. The summed E-state index contributed by atoms with van der Waals surface area (Å²) in [6.07, 6.45) is 5.36. The molecule has 1 aliphatic heterocycles. The molecule has 0 amide bonds. The third kappa shape index (κ3) is 4.24. The fraction of sp³-hybridized carbons (Fsp3) is 0.500. The smallest absolute Gasteiger partial charge is 0.322 e. The maximum atomic E-state index is 11.5. The lowest BCUT2D eigenvalue weighted by Gasteiger charge is -2.24. The molecule has 0 radical (unpaired) electrons. The molecule has 0 aromatic carbocycles. The lowest BCUT2D eigenvalue weighted by atomic mass is 10.2. The van der Waals surface area contributed by atoms with E-state index in [-0.39, 0.29) is 12.8 Å². The highest BCUT2D eigenvalue weighted by molar-refractivity contribution is 5.74. The van der Waals surface area contributed by atoms with E-state index in [1.165, 1.54) is 0 Å². The molecule has 0 fully saturated rings. The van der Waals surface area contributed by atoms with Crippen molar-refractivity contribution >= 4 is 11.9 Å². The monoisotopic (exact) mass is 338 g/mol. The SMILES string of the molecule is CN1CN(N[C@@H](Cc2cncn2C)C(=O)O)C=C1C[C@H](N)C(=O)O. The van der Waals surface area contributed by atoms with Crippen LogP contribution in [0.1, 0.15) is 12.1 Å². The normalized spacial score (nSPS) is 16.9. The van der Waals surface area contributed by atoms with Crippen LogP contribution in [-0.4, -0.2) is 67.4 Å². The molecular formula is C14H22N6O4. The van der Waals surface area contributed by atoms with Gasteiger partial charge in [0.05, 0.1) is 6.33 Å². The summed E-state index contributed by atoms with van der Waals surface area (Å²) < 4.78 is 1.76. The first kappa shape index (κ1) is 17.8. The van der Waals surface area contributed by atoms with Crippen LogP contribution < -0.4 is 11.2 Å². The largest absolute Gasteiger partial charge is 0.480 e. The second-order valence-electron chi connectivity index (χ2n) is 5.80. The summed E-state index contributed by atoms with van der Waals surface area (Å²) >= 11 is 0. The first-order valence-corrected chi connectivity index (χ1v) is 7.39. The molecule has 0 saturated carbocycles. The number of imidazole rings is 1. The van der Waals surface area contributed by atoms with Crippen LogP contribution in [0.5, 0.6) is 0 Å². The minimum Gasteiger partial charge on any atom is -0.480 e. The van der Waals surface area contributed by atoms with E-state index >= 15 is 0 Å². The van der Waals surface area contributed by atoms with Crippen molar-refractivity contribution in [1.29, 1.82) is 0 Å². The van der Waals surface area contributed by atoms with Crippen molar-refractivity contribution in [3.05, 3.63) is 30.1 Å². The highest BCUT2D eigenvalue weighted by atomic mass is 16.4. The van der Waals surface area contributed by atoms with Crippen LogP contribution in [-0.2, 0) is 23.1 Å². The van der Waals surface area contributed by atoms with Gasteiger partial charge < -0.3 is 25.4 Å². The first-order valence-electron chi connectivity index (χ1n) is 7.39. The summed E-state index contributed by atoms with van der Waals surface area (Å²) in [6, 6.07) is -1.83. The fourth-order valence-electron chi connectivity index (χ4n) is 2.42. The van der Waals surface area contributed by atoms with Gasteiger partial charge in [-0.25, -0.2) is 10.4 Å². The van der Waals surface area contributed by atoms with Gasteiger partial charge in [-0.05, 0) is 0 Å². The van der Waals surface area contributed by atoms with Crippen molar-refractivity contribution in [2.45, 2.75) is 24.9 Å². The molecule has 1 aliphatic rings. The second kappa shape index (κ2) is 7.32. The summed E-state index contributed by atoms with van der Waals surface area (Å²) in [5, 5.41) is 19.9. The number of hydrogen-bond donors (Lipinski definition) is 4. The van der Waals surface area contributed by atoms with Crippen molar-refractivity contribution in [2.24, 2.45) is 12.8 Å². The highest BCUT2D eigenvalue weighted by Gasteiger charge is 2.26. The molecule has 10 nitrogen and oxygen atoms in total. The summed E-state index contributed by atoms with van der Waals surface area (Å²) in [5.74, 6) is -2.06. The van der Waals surface area contributed by atoms with E-state index in [2.05, 4.69) is 10.4 Å². The molecule has 132 valence electrons. The standard InChI is InChI=1S/C14H22N6O4/c1-18-7-16-5-9(18)4-12(14(23)24)17-20-6-10(19(2)8-20)3-11(15)13(21)22/h5-7,11-12,17H,3-4,8,15H2,1-2H3,(H,21,22)(H,23,24)/t11-,12-/m0/s1. The Morgan fingerprint density at radius 2 is 2.04 bits per heavy atom. The van der Waals surface area contributed by atoms with Crippen LogP contribution in [0.2, 0.25) is 0 Å². The Bertz CT molecular complexity index is 643. The molecule has 10 heteroatoms. The Morgan fingerprint density at radius 1 is 1.33 bits per heavy atom. The van der Waals surface area contributed by atoms with Gasteiger partial charge in [-0.1, -0.05) is 0 Å². The fourth-order valence-corrected chi connectivity index (χ4v) is 2.42. The van der Waals surface area contributed by atoms with Crippen LogP contribution in [0, 0.1) is 0 Å². The molecule has 0 unspecified atom stereocenters. The molecule has 24 heavy (non-hydrogen) atoms. The van der Waals surface area contributed by atoms with Crippen LogP contribution in [0.3, 0.4) is 0 Å². The average molecular weight is 338 g/mol. The molecule has 0 bridgehead atoms. The zero-order valence-corrected chi connectivity index (χ0v) is 13.6. The molecule has 0 spiro atoms. The zero-order valence-electron chi connectivity index (χ0n) is 13.6. The number of aromatic nitrogens is 2. The van der Waals surface area contributed by atoms with Gasteiger partial charge >= 0.3 is 11.9 Å². The Kier molecular flexibility index (Phi) is 5.42. The number of nitrogens with one attached hydrogen (secondary N) is 1. The Labute approximate surface area is 139 Å². The summed E-state index contributed by atoms with van der Waals surface area (Å²) in [5.41, 5.74) is 10.00. The molecule has 0 aliphatic carbocycles. The lowest BCUT2D eigenvalue weighted by molar-refractivity contribution is -0.141. The Hall–Kier alpha value is -2.59. The van der Waals surface area contributed by atoms with Crippen LogP contribution >= 0.6 is 0 Å². The number of aryl methyl sites for hydroxylation is 1.